The third-order valence-corrected chi connectivity index (χ3v) is 11.4. The molecule has 0 saturated carbocycles. The molecule has 0 fully saturated rings. The first-order chi connectivity index (χ1) is 29.5. The summed E-state index contributed by atoms with van der Waals surface area (Å²) in [5, 5.41) is 0. The van der Waals surface area contributed by atoms with Gasteiger partial charge in [0.25, 0.3) is 0 Å². The molecule has 0 aliphatic heterocycles. The molecule has 0 unspecified atom stereocenters. The molecule has 1 radical (unpaired) electrons. The van der Waals surface area contributed by atoms with E-state index in [2.05, 4.69) is 153 Å². The molecule has 62 heavy (non-hydrogen) atoms. The van der Waals surface area contributed by atoms with E-state index in [1.807, 2.05) is 45.1 Å². The summed E-state index contributed by atoms with van der Waals surface area (Å²) in [4.78, 5) is 38.2. The van der Waals surface area contributed by atoms with E-state index in [4.69, 9.17) is 4.74 Å². The lowest BCUT2D eigenvalue weighted by atomic mass is 9.71. The zero-order valence-corrected chi connectivity index (χ0v) is 40.3. The first kappa shape index (κ1) is 53.3. The minimum atomic E-state index is -0.725. The molecule has 0 spiro atoms. The molecule has 0 amide bonds. The van der Waals surface area contributed by atoms with Gasteiger partial charge in [0.2, 0.25) is 0 Å². The molecule has 0 saturated heterocycles. The first-order valence-electron chi connectivity index (χ1n) is 23.1. The fourth-order valence-corrected chi connectivity index (χ4v) is 7.44. The number of ketones is 2. The summed E-state index contributed by atoms with van der Waals surface area (Å²) in [5.74, 6) is -0.229. The lowest BCUT2D eigenvalue weighted by molar-refractivity contribution is -0.156. The number of hydrogen-bond donors (Lipinski definition) is 0. The van der Waals surface area contributed by atoms with Crippen LogP contribution in [0, 0.1) is 17.3 Å². The van der Waals surface area contributed by atoms with Crippen LogP contribution in [0.15, 0.2) is 166 Å². The predicted octanol–water partition coefficient (Wildman–Crippen LogP) is 15.9. The van der Waals surface area contributed by atoms with E-state index in [1.54, 1.807) is 6.42 Å². The van der Waals surface area contributed by atoms with Gasteiger partial charge in [0, 0.05) is 19.3 Å². The highest BCUT2D eigenvalue weighted by atomic mass is 16.5. The van der Waals surface area contributed by atoms with Crippen molar-refractivity contribution in [1.29, 1.82) is 0 Å². The van der Waals surface area contributed by atoms with Gasteiger partial charge in [-0.3, -0.25) is 14.4 Å². The van der Waals surface area contributed by atoms with Crippen LogP contribution in [0.1, 0.15) is 153 Å². The van der Waals surface area contributed by atoms with E-state index in [0.29, 0.717) is 18.4 Å². The maximum absolute atomic E-state index is 13.3. The Labute approximate surface area is 377 Å². The number of unbranched alkanes of at least 4 members (excludes halogenated alkanes) is 7. The Balaban J connectivity index is 1.81. The molecule has 0 aromatic carbocycles. The average Bonchev–Trinajstić information content (AvgIpc) is 3.21. The fourth-order valence-electron chi connectivity index (χ4n) is 7.44. The zero-order valence-electron chi connectivity index (χ0n) is 40.3. The molecular weight excluding hydrogens is 761 g/mol. The van der Waals surface area contributed by atoms with Gasteiger partial charge in [-0.2, -0.15) is 0 Å². The second-order valence-electron chi connectivity index (χ2n) is 18.3. The highest BCUT2D eigenvalue weighted by Crippen LogP contribution is 2.41. The van der Waals surface area contributed by atoms with Crippen molar-refractivity contribution >= 4 is 17.5 Å². The molecule has 0 heterocycles. The van der Waals surface area contributed by atoms with Crippen LogP contribution in [-0.4, -0.2) is 23.6 Å². The van der Waals surface area contributed by atoms with Crippen LogP contribution in [0.2, 0.25) is 0 Å². The van der Waals surface area contributed by atoms with Gasteiger partial charge >= 0.3 is 5.97 Å². The third-order valence-electron chi connectivity index (χ3n) is 11.4. The van der Waals surface area contributed by atoms with Gasteiger partial charge in [0.15, 0.2) is 17.7 Å². The summed E-state index contributed by atoms with van der Waals surface area (Å²) >= 11 is 0. The van der Waals surface area contributed by atoms with E-state index in [1.165, 1.54) is 12.8 Å². The van der Waals surface area contributed by atoms with E-state index in [9.17, 15) is 14.4 Å². The van der Waals surface area contributed by atoms with Gasteiger partial charge in [0.1, 0.15) is 0 Å². The van der Waals surface area contributed by atoms with Gasteiger partial charge in [-0.25, -0.2) is 0 Å². The second-order valence-corrected chi connectivity index (χ2v) is 18.3. The Morgan fingerprint density at radius 1 is 0.613 bits per heavy atom. The van der Waals surface area contributed by atoms with Crippen LogP contribution < -0.4 is 0 Å². The Morgan fingerprint density at radius 3 is 1.66 bits per heavy atom. The van der Waals surface area contributed by atoms with Crippen molar-refractivity contribution in [2.75, 3.05) is 0 Å². The average molecular weight is 840 g/mol. The van der Waals surface area contributed by atoms with Crippen molar-refractivity contribution in [1.82, 2.24) is 0 Å². The molecule has 1 atom stereocenters. The normalized spacial score (nSPS) is 20.0. The summed E-state index contributed by atoms with van der Waals surface area (Å²) in [6, 6.07) is 0. The van der Waals surface area contributed by atoms with Crippen LogP contribution in [0.5, 0.6) is 0 Å². The van der Waals surface area contributed by atoms with Crippen LogP contribution in [0.3, 0.4) is 0 Å². The van der Waals surface area contributed by atoms with Gasteiger partial charge < -0.3 is 4.74 Å². The maximum atomic E-state index is 13.3. The second kappa shape index (κ2) is 28.7. The molecule has 2 aliphatic rings. The molecule has 2 rings (SSSR count). The molecule has 0 aromatic heterocycles. The Bertz CT molecular complexity index is 1940. The van der Waals surface area contributed by atoms with Gasteiger partial charge in [-0.05, 0) is 107 Å². The van der Waals surface area contributed by atoms with Crippen molar-refractivity contribution in [2.24, 2.45) is 10.8 Å². The van der Waals surface area contributed by atoms with E-state index >= 15 is 0 Å². The Morgan fingerprint density at radius 2 is 1.10 bits per heavy atom. The Kier molecular flexibility index (Phi) is 24.7. The van der Waals surface area contributed by atoms with Gasteiger partial charge in [-0.15, -0.1) is 0 Å². The van der Waals surface area contributed by atoms with Crippen molar-refractivity contribution in [2.45, 2.75) is 159 Å². The number of esters is 1. The molecule has 0 N–H and O–H groups in total. The smallest absolute Gasteiger partial charge is 0.306 e. The highest BCUT2D eigenvalue weighted by molar-refractivity contribution is 6.03. The summed E-state index contributed by atoms with van der Waals surface area (Å²) in [6.07, 6.45) is 54.3. The van der Waals surface area contributed by atoms with E-state index < -0.39 is 6.10 Å². The number of carbonyl (C=O) groups is 3. The van der Waals surface area contributed by atoms with Gasteiger partial charge in [0.05, 0.1) is 0 Å². The predicted molar refractivity (Wildman–Crippen MR) is 266 cm³/mol. The lowest BCUT2D eigenvalue weighted by Gasteiger charge is -2.36. The number of allylic oxidation sites excluding steroid dienone is 27. The molecule has 0 bridgehead atoms. The first-order valence-corrected chi connectivity index (χ1v) is 23.1. The van der Waals surface area contributed by atoms with Crippen LogP contribution in [0.4, 0.5) is 0 Å². The maximum Gasteiger partial charge on any atom is 0.306 e. The molecule has 2 aliphatic carbocycles. The standard InChI is InChI=1S/C58H79O4/c1-12-13-14-15-16-17-18-19-20-21-22-23-24-25-26-37-55(60)62-54-44-58(10,11)52(50(7)56(54)61)41-39-48(5)36-30-34-46(3)32-28-27-31-45(2)33-29-35-47(4)38-40-51-49(6)53(59)42-43-57(51,8)9/h15-20,27-36,38-42,54H,12-14,21-26,37,43-44H2,1-11H3/b16-15-,18-17+,20-19-,28-27+,33-29+,34-30+,40-38+,41-39+,45-31+,46-32+,47-35+,48-36+/t54-/m0/s1. The molecular formula is C58H79O4. The van der Waals surface area contributed by atoms with Crippen LogP contribution in [-0.2, 0) is 19.1 Å². The van der Waals surface area contributed by atoms with Crippen LogP contribution in [0.25, 0.3) is 0 Å². The molecule has 335 valence electrons. The number of hydrogen-bond acceptors (Lipinski definition) is 4. The minimum absolute atomic E-state index is 0.0332. The summed E-state index contributed by atoms with van der Waals surface area (Å²) in [7, 11) is 0. The highest BCUT2D eigenvalue weighted by Gasteiger charge is 2.39. The molecule has 4 heteroatoms. The summed E-state index contributed by atoms with van der Waals surface area (Å²) in [6.45, 7) is 22.9. The number of carbonyl (C=O) groups excluding carboxylic acids is 3. The number of rotatable bonds is 24. The Hall–Kier alpha value is -4.83. The fraction of sp³-hybridized carbons (Fsp3) is 0.448. The van der Waals surface area contributed by atoms with Gasteiger partial charge in [-0.1, -0.05) is 211 Å². The largest absolute Gasteiger partial charge is 0.454 e. The lowest BCUT2D eigenvalue weighted by Crippen LogP contribution is -2.39. The number of ether oxygens (including phenoxy) is 1. The molecule has 0 aromatic rings. The van der Waals surface area contributed by atoms with Crippen LogP contribution >= 0.6 is 0 Å². The van der Waals surface area contributed by atoms with Crippen molar-refractivity contribution in [3.63, 3.8) is 0 Å². The third kappa shape index (κ3) is 20.8. The van der Waals surface area contributed by atoms with Crippen molar-refractivity contribution in [3.05, 3.63) is 173 Å². The minimum Gasteiger partial charge on any atom is -0.454 e. The van der Waals surface area contributed by atoms with E-state index in [0.717, 1.165) is 90.4 Å². The van der Waals surface area contributed by atoms with E-state index in [-0.39, 0.29) is 28.4 Å². The summed E-state index contributed by atoms with van der Waals surface area (Å²) in [5.41, 5.74) is 7.73. The monoisotopic (exact) mass is 840 g/mol. The number of Topliss-reactive ketones (excluding diaryl/α,β-unsaturated/α-hetero) is 2. The quantitative estimate of drug-likeness (QED) is 0.0552. The van der Waals surface area contributed by atoms with Crippen molar-refractivity contribution < 1.29 is 19.1 Å². The van der Waals surface area contributed by atoms with Crippen molar-refractivity contribution in [3.8, 4) is 0 Å². The SMILES string of the molecule is CCCC\C=C/C=C/C=C\CCCCCCCC(=O)O[C@H]1CC(C)(C)C(/C=C/C(C)=C/C=C/C(C)=C/C=C/C=C(C)/C=C/C=C(C)/C=C/C2=C(C)C(=O)[CH]CC2(C)C)=C(C)C1=O. The topological polar surface area (TPSA) is 60.4 Å². The molecule has 4 nitrogen and oxygen atoms in total. The zero-order chi connectivity index (χ0) is 46.0. The summed E-state index contributed by atoms with van der Waals surface area (Å²) < 4.78 is 5.76.